The van der Waals surface area contributed by atoms with Gasteiger partial charge in [-0.1, -0.05) is 13.0 Å². The maximum Gasteiger partial charge on any atom is 0.300 e. The average molecular weight is 447 g/mol. The van der Waals surface area contributed by atoms with Crippen LogP contribution in [0, 0.1) is 6.92 Å². The van der Waals surface area contributed by atoms with Gasteiger partial charge in [-0.25, -0.2) is 0 Å². The molecular formula is C26H25NO6. The molecule has 1 unspecified atom stereocenters. The second-order valence-corrected chi connectivity index (χ2v) is 7.71. The Morgan fingerprint density at radius 2 is 1.91 bits per heavy atom. The molecule has 1 aliphatic rings. The van der Waals surface area contributed by atoms with Gasteiger partial charge in [0, 0.05) is 17.3 Å². The van der Waals surface area contributed by atoms with Crippen LogP contribution in [0.1, 0.15) is 36.3 Å². The molecule has 170 valence electrons. The molecule has 1 atom stereocenters. The first kappa shape index (κ1) is 22.2. The summed E-state index contributed by atoms with van der Waals surface area (Å²) in [4.78, 5) is 27.7. The number of nitrogens with zero attached hydrogens (tertiary/aromatic N) is 1. The molecular weight excluding hydrogens is 422 g/mol. The first-order valence-electron chi connectivity index (χ1n) is 10.7. The fourth-order valence-corrected chi connectivity index (χ4v) is 3.93. The van der Waals surface area contributed by atoms with Crippen molar-refractivity contribution < 1.29 is 28.6 Å². The van der Waals surface area contributed by atoms with Crippen molar-refractivity contribution in [1.82, 2.24) is 0 Å². The lowest BCUT2D eigenvalue weighted by Crippen LogP contribution is -2.29. The molecule has 0 saturated carbocycles. The molecule has 1 aromatic heterocycles. The number of aliphatic hydroxyl groups is 1. The number of carbonyl (C=O) groups excluding carboxylic acids is 2. The molecule has 0 spiro atoms. The fourth-order valence-electron chi connectivity index (χ4n) is 3.93. The van der Waals surface area contributed by atoms with Crippen LogP contribution in [0.3, 0.4) is 0 Å². The molecule has 33 heavy (non-hydrogen) atoms. The third kappa shape index (κ3) is 4.09. The fraction of sp³-hybridized carbons (Fsp3) is 0.231. The van der Waals surface area contributed by atoms with Gasteiger partial charge in [0.25, 0.3) is 11.7 Å². The summed E-state index contributed by atoms with van der Waals surface area (Å²) in [5, 5.41) is 11.2. The first-order chi connectivity index (χ1) is 16.0. The number of amides is 1. The highest BCUT2D eigenvalue weighted by Gasteiger charge is 2.48. The highest BCUT2D eigenvalue weighted by molar-refractivity contribution is 6.51. The number of anilines is 1. The van der Waals surface area contributed by atoms with Crippen LogP contribution in [0.5, 0.6) is 11.5 Å². The van der Waals surface area contributed by atoms with Crippen LogP contribution >= 0.6 is 0 Å². The summed E-state index contributed by atoms with van der Waals surface area (Å²) in [5.41, 5.74) is 1.57. The molecule has 7 nitrogen and oxygen atoms in total. The molecule has 3 aromatic rings. The van der Waals surface area contributed by atoms with Gasteiger partial charge in [0.2, 0.25) is 0 Å². The standard InChI is InChI=1S/C26H25NO6/c1-4-12-32-19-8-5-7-17(15-19)27-23(21-9-6-13-33-21)22(25(29)26(27)30)24(28)20-11-10-18(31-3)14-16(20)2/h5-11,13-15,23,28H,4,12H2,1-3H3/b24-22-. The predicted molar refractivity (Wildman–Crippen MR) is 123 cm³/mol. The highest BCUT2D eigenvalue weighted by atomic mass is 16.5. The summed E-state index contributed by atoms with van der Waals surface area (Å²) >= 11 is 0. The van der Waals surface area contributed by atoms with Gasteiger partial charge >= 0.3 is 0 Å². The Balaban J connectivity index is 1.86. The van der Waals surface area contributed by atoms with E-state index in [0.717, 1.165) is 6.42 Å². The number of aliphatic hydroxyl groups excluding tert-OH is 1. The number of hydrogen-bond acceptors (Lipinski definition) is 6. The molecule has 0 aliphatic carbocycles. The van der Waals surface area contributed by atoms with Gasteiger partial charge in [-0.15, -0.1) is 0 Å². The van der Waals surface area contributed by atoms with Gasteiger partial charge in [-0.05, 0) is 61.4 Å². The minimum absolute atomic E-state index is 0.0388. The number of ether oxygens (including phenoxy) is 2. The molecule has 0 bridgehead atoms. The number of furan rings is 1. The minimum Gasteiger partial charge on any atom is -0.507 e. The smallest absolute Gasteiger partial charge is 0.300 e. The van der Waals surface area contributed by atoms with Crippen molar-refractivity contribution in [2.45, 2.75) is 26.3 Å². The maximum absolute atomic E-state index is 13.2. The maximum atomic E-state index is 13.2. The van der Waals surface area contributed by atoms with Crippen molar-refractivity contribution in [2.24, 2.45) is 0 Å². The van der Waals surface area contributed by atoms with E-state index in [0.29, 0.717) is 40.7 Å². The molecule has 1 amide bonds. The number of methoxy groups -OCH3 is 1. The van der Waals surface area contributed by atoms with E-state index in [4.69, 9.17) is 13.9 Å². The zero-order chi connectivity index (χ0) is 23.5. The molecule has 1 saturated heterocycles. The molecule has 1 aliphatic heterocycles. The van der Waals surface area contributed by atoms with Gasteiger partial charge in [-0.3, -0.25) is 14.5 Å². The number of rotatable bonds is 7. The van der Waals surface area contributed by atoms with Gasteiger partial charge in [0.1, 0.15) is 29.1 Å². The van der Waals surface area contributed by atoms with Crippen LogP contribution in [0.2, 0.25) is 0 Å². The van der Waals surface area contributed by atoms with Gasteiger partial charge < -0.3 is 19.0 Å². The molecule has 0 radical (unpaired) electrons. The van der Waals surface area contributed by atoms with E-state index < -0.39 is 17.7 Å². The van der Waals surface area contributed by atoms with E-state index in [2.05, 4.69) is 0 Å². The molecule has 4 rings (SSSR count). The lowest BCUT2D eigenvalue weighted by Gasteiger charge is -2.24. The van der Waals surface area contributed by atoms with Crippen LogP contribution in [0.15, 0.2) is 70.9 Å². The van der Waals surface area contributed by atoms with Crippen LogP contribution < -0.4 is 14.4 Å². The Morgan fingerprint density at radius 1 is 1.09 bits per heavy atom. The van der Waals surface area contributed by atoms with Crippen molar-refractivity contribution in [1.29, 1.82) is 0 Å². The van der Waals surface area contributed by atoms with Gasteiger partial charge in [0.15, 0.2) is 0 Å². The summed E-state index contributed by atoms with van der Waals surface area (Å²) in [5.74, 6) is -0.241. The van der Waals surface area contributed by atoms with E-state index in [1.165, 1.54) is 11.2 Å². The third-order valence-corrected chi connectivity index (χ3v) is 5.51. The Bertz CT molecular complexity index is 1210. The Hall–Kier alpha value is -4.00. The Kier molecular flexibility index (Phi) is 6.22. The molecule has 1 N–H and O–H groups in total. The molecule has 2 aromatic carbocycles. The monoisotopic (exact) mass is 447 g/mol. The van der Waals surface area contributed by atoms with E-state index in [9.17, 15) is 14.7 Å². The summed E-state index contributed by atoms with van der Waals surface area (Å²) in [6, 6.07) is 14.5. The second kappa shape index (κ2) is 9.24. The zero-order valence-corrected chi connectivity index (χ0v) is 18.7. The largest absolute Gasteiger partial charge is 0.507 e. The average Bonchev–Trinajstić information content (AvgIpc) is 3.44. The number of Topliss-reactive ketones (excluding diaryl/α,β-unsaturated/α-hetero) is 1. The third-order valence-electron chi connectivity index (χ3n) is 5.51. The number of carbonyl (C=O) groups is 2. The summed E-state index contributed by atoms with van der Waals surface area (Å²) < 4.78 is 16.5. The SMILES string of the molecule is CCCOc1cccc(N2C(=O)C(=O)/C(=C(\O)c3ccc(OC)cc3C)C2c2ccco2)c1. The molecule has 1 fully saturated rings. The predicted octanol–water partition coefficient (Wildman–Crippen LogP) is 5.01. The highest BCUT2D eigenvalue weighted by Crippen LogP contribution is 2.43. The quantitative estimate of drug-likeness (QED) is 0.311. The van der Waals surface area contributed by atoms with Gasteiger partial charge in [-0.2, -0.15) is 0 Å². The van der Waals surface area contributed by atoms with Crippen molar-refractivity contribution in [3.05, 3.63) is 83.3 Å². The molecule has 2 heterocycles. The van der Waals surface area contributed by atoms with Crippen molar-refractivity contribution in [3.8, 4) is 11.5 Å². The number of aryl methyl sites for hydroxylation is 1. The van der Waals surface area contributed by atoms with Crippen molar-refractivity contribution in [3.63, 3.8) is 0 Å². The van der Waals surface area contributed by atoms with Crippen LogP contribution in [-0.2, 0) is 9.59 Å². The number of ketones is 1. The topological polar surface area (TPSA) is 89.2 Å². The number of hydrogen-bond donors (Lipinski definition) is 1. The van der Waals surface area contributed by atoms with Crippen LogP contribution in [0.25, 0.3) is 5.76 Å². The van der Waals surface area contributed by atoms with E-state index in [1.54, 1.807) is 68.6 Å². The summed E-state index contributed by atoms with van der Waals surface area (Å²) in [6.07, 6.45) is 2.30. The molecule has 7 heteroatoms. The van der Waals surface area contributed by atoms with Crippen LogP contribution in [-0.4, -0.2) is 30.5 Å². The first-order valence-corrected chi connectivity index (χ1v) is 10.7. The summed E-state index contributed by atoms with van der Waals surface area (Å²) in [6.45, 7) is 4.32. The van der Waals surface area contributed by atoms with Crippen molar-refractivity contribution in [2.75, 3.05) is 18.6 Å². The van der Waals surface area contributed by atoms with E-state index >= 15 is 0 Å². The Morgan fingerprint density at radius 3 is 2.58 bits per heavy atom. The number of benzene rings is 2. The normalized spacial score (nSPS) is 17.4. The lowest BCUT2D eigenvalue weighted by molar-refractivity contribution is -0.132. The Labute approximate surface area is 191 Å². The van der Waals surface area contributed by atoms with Crippen LogP contribution in [0.4, 0.5) is 5.69 Å². The minimum atomic E-state index is -0.928. The summed E-state index contributed by atoms with van der Waals surface area (Å²) in [7, 11) is 1.55. The van der Waals surface area contributed by atoms with E-state index in [-0.39, 0.29) is 11.3 Å². The zero-order valence-electron chi connectivity index (χ0n) is 18.7. The van der Waals surface area contributed by atoms with Gasteiger partial charge in [0.05, 0.1) is 25.6 Å². The van der Waals surface area contributed by atoms with Crippen molar-refractivity contribution >= 4 is 23.1 Å². The lowest BCUT2D eigenvalue weighted by atomic mass is 9.97. The van der Waals surface area contributed by atoms with E-state index in [1.807, 2.05) is 6.92 Å². The second-order valence-electron chi connectivity index (χ2n) is 7.71.